The first-order chi connectivity index (χ1) is 7.20. The largest absolute Gasteiger partial charge is 0.469 e. The summed E-state index contributed by atoms with van der Waals surface area (Å²) in [6.07, 6.45) is 3.28. The molecule has 0 atom stereocenters. The summed E-state index contributed by atoms with van der Waals surface area (Å²) >= 11 is 3.35. The minimum atomic E-state index is 0.0431. The zero-order valence-corrected chi connectivity index (χ0v) is 10.7. The first-order valence-corrected chi connectivity index (χ1v) is 6.20. The van der Waals surface area contributed by atoms with Crippen LogP contribution in [0.4, 0.5) is 0 Å². The topological polar surface area (TPSA) is 33.5 Å². The summed E-state index contributed by atoms with van der Waals surface area (Å²) in [4.78, 5) is 13.7. The number of hydrogen-bond acceptors (Lipinski definition) is 2. The van der Waals surface area contributed by atoms with Gasteiger partial charge in [-0.05, 0) is 12.5 Å². The van der Waals surface area contributed by atoms with Crippen LogP contribution in [0.3, 0.4) is 0 Å². The summed E-state index contributed by atoms with van der Waals surface area (Å²) in [6, 6.07) is 1.74. The number of halogens is 1. The summed E-state index contributed by atoms with van der Waals surface area (Å²) in [5.41, 5.74) is 0.689. The fourth-order valence-corrected chi connectivity index (χ4v) is 1.66. The fourth-order valence-electron chi connectivity index (χ4n) is 1.41. The van der Waals surface area contributed by atoms with Gasteiger partial charge in [0.15, 0.2) is 0 Å². The molecule has 0 aliphatic carbocycles. The van der Waals surface area contributed by atoms with Crippen LogP contribution >= 0.6 is 15.9 Å². The van der Waals surface area contributed by atoms with Gasteiger partial charge >= 0.3 is 0 Å². The van der Waals surface area contributed by atoms with Gasteiger partial charge in [0.1, 0.15) is 5.76 Å². The van der Waals surface area contributed by atoms with Crippen molar-refractivity contribution in [2.75, 3.05) is 18.9 Å². The van der Waals surface area contributed by atoms with Crippen LogP contribution < -0.4 is 0 Å². The molecule has 1 rings (SSSR count). The van der Waals surface area contributed by atoms with Crippen molar-refractivity contribution in [3.8, 4) is 0 Å². The molecule has 0 radical (unpaired) electrons. The zero-order valence-electron chi connectivity index (χ0n) is 9.12. The molecule has 1 aromatic rings. The molecule has 1 heterocycles. The van der Waals surface area contributed by atoms with Crippen LogP contribution in [0.25, 0.3) is 0 Å². The predicted molar refractivity (Wildman–Crippen MR) is 63.5 cm³/mol. The van der Waals surface area contributed by atoms with Crippen molar-refractivity contribution in [1.82, 2.24) is 4.90 Å². The summed E-state index contributed by atoms with van der Waals surface area (Å²) in [6.45, 7) is 2.74. The third-order valence-corrected chi connectivity index (χ3v) is 2.83. The van der Waals surface area contributed by atoms with Crippen molar-refractivity contribution >= 4 is 21.8 Å². The van der Waals surface area contributed by atoms with Gasteiger partial charge < -0.3 is 9.32 Å². The molecule has 0 aromatic carbocycles. The maximum atomic E-state index is 11.9. The maximum Gasteiger partial charge on any atom is 0.257 e. The summed E-state index contributed by atoms with van der Waals surface area (Å²) in [5.74, 6) is 0.812. The average molecular weight is 274 g/mol. The van der Waals surface area contributed by atoms with Crippen LogP contribution in [0.5, 0.6) is 0 Å². The van der Waals surface area contributed by atoms with Crippen molar-refractivity contribution < 1.29 is 9.21 Å². The van der Waals surface area contributed by atoms with Crippen LogP contribution in [0, 0.1) is 0 Å². The molecular weight excluding hydrogens is 258 g/mol. The molecule has 0 unspecified atom stereocenters. The van der Waals surface area contributed by atoms with Crippen molar-refractivity contribution in [3.05, 3.63) is 23.7 Å². The van der Waals surface area contributed by atoms with Gasteiger partial charge in [0.25, 0.3) is 5.91 Å². The minimum absolute atomic E-state index is 0.0431. The Morgan fingerprint density at radius 2 is 2.33 bits per heavy atom. The molecule has 84 valence electrons. The van der Waals surface area contributed by atoms with E-state index in [0.717, 1.165) is 30.5 Å². The minimum Gasteiger partial charge on any atom is -0.469 e. The number of aryl methyl sites for hydroxylation is 1. The monoisotopic (exact) mass is 273 g/mol. The molecule has 1 aromatic heterocycles. The van der Waals surface area contributed by atoms with Gasteiger partial charge in [-0.1, -0.05) is 22.9 Å². The van der Waals surface area contributed by atoms with E-state index < -0.39 is 0 Å². The Labute approximate surface area is 98.6 Å². The fraction of sp³-hybridized carbons (Fsp3) is 0.545. The van der Waals surface area contributed by atoms with Crippen molar-refractivity contribution in [3.63, 3.8) is 0 Å². The second-order valence-electron chi connectivity index (χ2n) is 3.38. The molecule has 0 fully saturated rings. The van der Waals surface area contributed by atoms with E-state index in [0.29, 0.717) is 5.56 Å². The lowest BCUT2D eigenvalue weighted by Gasteiger charge is -2.15. The Balaban J connectivity index is 2.67. The molecule has 0 N–H and O–H groups in total. The highest BCUT2D eigenvalue weighted by Crippen LogP contribution is 2.13. The van der Waals surface area contributed by atoms with E-state index in [-0.39, 0.29) is 5.91 Å². The molecule has 1 amide bonds. The van der Waals surface area contributed by atoms with Crippen LogP contribution in [-0.2, 0) is 6.42 Å². The molecular formula is C11H16BrNO2. The van der Waals surface area contributed by atoms with Gasteiger partial charge in [-0.3, -0.25) is 4.79 Å². The van der Waals surface area contributed by atoms with E-state index in [1.807, 2.05) is 14.0 Å². The molecule has 0 aliphatic rings. The maximum absolute atomic E-state index is 11.9. The Kier molecular flexibility index (Phi) is 4.88. The highest BCUT2D eigenvalue weighted by molar-refractivity contribution is 9.09. The number of carbonyl (C=O) groups excluding carboxylic acids is 1. The molecule has 0 aliphatic heterocycles. The lowest BCUT2D eigenvalue weighted by Crippen LogP contribution is -2.28. The highest BCUT2D eigenvalue weighted by Gasteiger charge is 2.16. The molecule has 3 nitrogen and oxygen atoms in total. The quantitative estimate of drug-likeness (QED) is 0.773. The normalized spacial score (nSPS) is 10.3. The number of rotatable bonds is 5. The standard InChI is InChI=1S/C11H16BrNO2/c1-3-10-9(5-8-15-10)11(14)13(2)7-4-6-12/h5,8H,3-4,6-7H2,1-2H3. The lowest BCUT2D eigenvalue weighted by atomic mass is 10.2. The molecule has 15 heavy (non-hydrogen) atoms. The smallest absolute Gasteiger partial charge is 0.257 e. The summed E-state index contributed by atoms with van der Waals surface area (Å²) in [7, 11) is 1.82. The van der Waals surface area contributed by atoms with Gasteiger partial charge in [0.05, 0.1) is 11.8 Å². The first kappa shape index (κ1) is 12.3. The Hall–Kier alpha value is -0.770. The zero-order chi connectivity index (χ0) is 11.3. The van der Waals surface area contributed by atoms with E-state index in [1.54, 1.807) is 17.2 Å². The molecule has 0 bridgehead atoms. The van der Waals surface area contributed by atoms with E-state index in [2.05, 4.69) is 15.9 Å². The summed E-state index contributed by atoms with van der Waals surface area (Å²) in [5, 5.41) is 0.913. The third-order valence-electron chi connectivity index (χ3n) is 2.27. The van der Waals surface area contributed by atoms with E-state index in [4.69, 9.17) is 4.42 Å². The van der Waals surface area contributed by atoms with Crippen LogP contribution in [0.1, 0.15) is 29.5 Å². The van der Waals surface area contributed by atoms with Crippen LogP contribution in [0.2, 0.25) is 0 Å². The van der Waals surface area contributed by atoms with Gasteiger partial charge in [-0.2, -0.15) is 0 Å². The second kappa shape index (κ2) is 5.95. The van der Waals surface area contributed by atoms with Gasteiger partial charge in [-0.25, -0.2) is 0 Å². The Bertz CT molecular complexity index is 322. The Morgan fingerprint density at radius 1 is 1.60 bits per heavy atom. The molecule has 0 saturated carbocycles. The first-order valence-electron chi connectivity index (χ1n) is 5.08. The van der Waals surface area contributed by atoms with E-state index >= 15 is 0 Å². The number of furan rings is 1. The van der Waals surface area contributed by atoms with Crippen molar-refractivity contribution in [1.29, 1.82) is 0 Å². The van der Waals surface area contributed by atoms with Crippen LogP contribution in [-0.4, -0.2) is 29.7 Å². The molecule has 0 saturated heterocycles. The Morgan fingerprint density at radius 3 is 2.93 bits per heavy atom. The highest BCUT2D eigenvalue weighted by atomic mass is 79.9. The SMILES string of the molecule is CCc1occc1C(=O)N(C)CCCBr. The predicted octanol–water partition coefficient (Wildman–Crippen LogP) is 2.70. The lowest BCUT2D eigenvalue weighted by molar-refractivity contribution is 0.0793. The number of hydrogen-bond donors (Lipinski definition) is 0. The van der Waals surface area contributed by atoms with Crippen LogP contribution in [0.15, 0.2) is 16.7 Å². The van der Waals surface area contributed by atoms with Gasteiger partial charge in [0.2, 0.25) is 0 Å². The average Bonchev–Trinajstić information content (AvgIpc) is 2.72. The number of alkyl halides is 1. The van der Waals surface area contributed by atoms with Gasteiger partial charge in [-0.15, -0.1) is 0 Å². The van der Waals surface area contributed by atoms with E-state index in [1.165, 1.54) is 0 Å². The molecule has 0 spiro atoms. The van der Waals surface area contributed by atoms with E-state index in [9.17, 15) is 4.79 Å². The number of nitrogens with zero attached hydrogens (tertiary/aromatic N) is 1. The number of amides is 1. The summed E-state index contributed by atoms with van der Waals surface area (Å²) < 4.78 is 5.23. The second-order valence-corrected chi connectivity index (χ2v) is 4.17. The third kappa shape index (κ3) is 3.09. The van der Waals surface area contributed by atoms with Gasteiger partial charge in [0, 0.05) is 25.3 Å². The van der Waals surface area contributed by atoms with Crippen molar-refractivity contribution in [2.45, 2.75) is 19.8 Å². The number of carbonyl (C=O) groups is 1. The molecule has 4 heteroatoms. The van der Waals surface area contributed by atoms with Crippen molar-refractivity contribution in [2.24, 2.45) is 0 Å².